The molecule has 1 amide bonds. The SMILES string of the molecule is Cc1nccc(OC2CCCN(C(=O)c3cc(-c4ccco4)[nH]n3)C2)n1. The van der Waals surface area contributed by atoms with E-state index in [2.05, 4.69) is 20.2 Å². The van der Waals surface area contributed by atoms with Gasteiger partial charge in [0.15, 0.2) is 11.5 Å². The van der Waals surface area contributed by atoms with Crippen LogP contribution in [0.2, 0.25) is 0 Å². The summed E-state index contributed by atoms with van der Waals surface area (Å²) < 4.78 is 11.3. The number of aryl methyl sites for hydroxylation is 1. The number of furan rings is 1. The third-order valence-electron chi connectivity index (χ3n) is 4.29. The van der Waals surface area contributed by atoms with Crippen molar-refractivity contribution in [3.8, 4) is 17.3 Å². The molecule has 0 saturated carbocycles. The van der Waals surface area contributed by atoms with Gasteiger partial charge in [-0.3, -0.25) is 9.89 Å². The molecule has 1 fully saturated rings. The molecule has 0 radical (unpaired) electrons. The quantitative estimate of drug-likeness (QED) is 0.774. The van der Waals surface area contributed by atoms with Crippen LogP contribution in [0.5, 0.6) is 5.88 Å². The van der Waals surface area contributed by atoms with E-state index in [-0.39, 0.29) is 12.0 Å². The largest absolute Gasteiger partial charge is 0.472 e. The van der Waals surface area contributed by atoms with Crippen molar-refractivity contribution in [2.45, 2.75) is 25.9 Å². The monoisotopic (exact) mass is 353 g/mol. The fourth-order valence-electron chi connectivity index (χ4n) is 3.04. The second-order valence-electron chi connectivity index (χ2n) is 6.22. The number of hydrogen-bond acceptors (Lipinski definition) is 6. The van der Waals surface area contributed by atoms with E-state index in [1.54, 1.807) is 35.6 Å². The van der Waals surface area contributed by atoms with Gasteiger partial charge in [-0.2, -0.15) is 10.1 Å². The van der Waals surface area contributed by atoms with Crippen molar-refractivity contribution in [2.75, 3.05) is 13.1 Å². The zero-order chi connectivity index (χ0) is 17.9. The zero-order valence-corrected chi connectivity index (χ0v) is 14.4. The van der Waals surface area contributed by atoms with Crippen LogP contribution < -0.4 is 4.74 Å². The van der Waals surface area contributed by atoms with Crippen molar-refractivity contribution < 1.29 is 13.9 Å². The molecular weight excluding hydrogens is 334 g/mol. The summed E-state index contributed by atoms with van der Waals surface area (Å²) in [6.07, 6.45) is 4.91. The lowest BCUT2D eigenvalue weighted by Crippen LogP contribution is -2.44. The number of carbonyl (C=O) groups is 1. The second kappa shape index (κ2) is 6.99. The predicted octanol–water partition coefficient (Wildman–Crippen LogP) is 2.45. The minimum absolute atomic E-state index is 0.0921. The van der Waals surface area contributed by atoms with Crippen LogP contribution in [0.3, 0.4) is 0 Å². The van der Waals surface area contributed by atoms with E-state index < -0.39 is 0 Å². The van der Waals surface area contributed by atoms with Crippen LogP contribution in [-0.4, -0.2) is 50.2 Å². The van der Waals surface area contributed by atoms with Crippen LogP contribution in [0, 0.1) is 6.92 Å². The summed E-state index contributed by atoms with van der Waals surface area (Å²) in [5, 5.41) is 6.98. The summed E-state index contributed by atoms with van der Waals surface area (Å²) in [5.41, 5.74) is 1.05. The van der Waals surface area contributed by atoms with Gasteiger partial charge in [0.2, 0.25) is 5.88 Å². The molecule has 3 aromatic rings. The summed E-state index contributed by atoms with van der Waals surface area (Å²) in [7, 11) is 0. The van der Waals surface area contributed by atoms with Gasteiger partial charge in [-0.25, -0.2) is 4.98 Å². The molecule has 4 rings (SSSR count). The van der Waals surface area contributed by atoms with Crippen LogP contribution >= 0.6 is 0 Å². The number of hydrogen-bond donors (Lipinski definition) is 1. The first-order valence-electron chi connectivity index (χ1n) is 8.54. The smallest absolute Gasteiger partial charge is 0.274 e. The van der Waals surface area contributed by atoms with E-state index in [4.69, 9.17) is 9.15 Å². The van der Waals surface area contributed by atoms with Gasteiger partial charge in [0.1, 0.15) is 17.6 Å². The Balaban J connectivity index is 1.43. The maximum Gasteiger partial charge on any atom is 0.274 e. The molecule has 134 valence electrons. The molecule has 8 nitrogen and oxygen atoms in total. The highest BCUT2D eigenvalue weighted by molar-refractivity contribution is 5.93. The average Bonchev–Trinajstić information content (AvgIpc) is 3.33. The van der Waals surface area contributed by atoms with Crippen LogP contribution in [0.1, 0.15) is 29.2 Å². The van der Waals surface area contributed by atoms with Gasteiger partial charge < -0.3 is 14.1 Å². The lowest BCUT2D eigenvalue weighted by molar-refractivity contribution is 0.0522. The Morgan fingerprint density at radius 2 is 2.35 bits per heavy atom. The van der Waals surface area contributed by atoms with Gasteiger partial charge in [0, 0.05) is 24.9 Å². The molecule has 0 aromatic carbocycles. The average molecular weight is 353 g/mol. The van der Waals surface area contributed by atoms with Crippen molar-refractivity contribution in [3.05, 3.63) is 48.2 Å². The first-order chi connectivity index (χ1) is 12.7. The van der Waals surface area contributed by atoms with Crippen molar-refractivity contribution in [1.29, 1.82) is 0 Å². The summed E-state index contributed by atoms with van der Waals surface area (Å²) in [5.74, 6) is 1.73. The van der Waals surface area contributed by atoms with Crippen LogP contribution in [0.25, 0.3) is 11.5 Å². The first kappa shape index (κ1) is 16.3. The van der Waals surface area contributed by atoms with Gasteiger partial charge in [-0.1, -0.05) is 0 Å². The number of nitrogens with one attached hydrogen (secondary N) is 1. The number of aromatic amines is 1. The fraction of sp³-hybridized carbons (Fsp3) is 0.333. The third-order valence-corrected chi connectivity index (χ3v) is 4.29. The van der Waals surface area contributed by atoms with Gasteiger partial charge in [-0.05, 0) is 31.9 Å². The van der Waals surface area contributed by atoms with Crippen molar-refractivity contribution in [3.63, 3.8) is 0 Å². The lowest BCUT2D eigenvalue weighted by atomic mass is 10.1. The highest BCUT2D eigenvalue weighted by Crippen LogP contribution is 2.21. The predicted molar refractivity (Wildman–Crippen MR) is 92.6 cm³/mol. The van der Waals surface area contributed by atoms with Crippen molar-refractivity contribution in [1.82, 2.24) is 25.1 Å². The topological polar surface area (TPSA) is 97.1 Å². The maximum atomic E-state index is 12.8. The number of carbonyl (C=O) groups excluding carboxylic acids is 1. The zero-order valence-electron chi connectivity index (χ0n) is 14.4. The Hall–Kier alpha value is -3.16. The van der Waals surface area contributed by atoms with Crippen molar-refractivity contribution in [2.24, 2.45) is 0 Å². The third kappa shape index (κ3) is 3.44. The number of H-pyrrole nitrogens is 1. The molecule has 1 atom stereocenters. The molecule has 0 bridgehead atoms. The van der Waals surface area contributed by atoms with E-state index in [1.807, 2.05) is 13.0 Å². The number of likely N-dealkylation sites (tertiary alicyclic amines) is 1. The fourth-order valence-corrected chi connectivity index (χ4v) is 3.04. The van der Waals surface area contributed by atoms with Crippen LogP contribution in [0.15, 0.2) is 41.1 Å². The Morgan fingerprint density at radius 3 is 3.15 bits per heavy atom. The second-order valence-corrected chi connectivity index (χ2v) is 6.22. The molecular formula is C18H19N5O3. The molecule has 0 aliphatic carbocycles. The molecule has 1 N–H and O–H groups in total. The summed E-state index contributed by atoms with van der Waals surface area (Å²) in [6, 6.07) is 7.05. The minimum atomic E-state index is -0.119. The molecule has 26 heavy (non-hydrogen) atoms. The van der Waals surface area contributed by atoms with E-state index in [1.165, 1.54) is 0 Å². The molecule has 1 unspecified atom stereocenters. The molecule has 1 aliphatic heterocycles. The Morgan fingerprint density at radius 1 is 1.42 bits per heavy atom. The number of ether oxygens (including phenoxy) is 1. The Labute approximate surface area is 150 Å². The molecule has 0 spiro atoms. The van der Waals surface area contributed by atoms with Gasteiger partial charge >= 0.3 is 0 Å². The standard InChI is InChI=1S/C18H19N5O3/c1-12-19-7-6-17(20-12)26-13-4-2-8-23(11-13)18(24)15-10-14(21-22-15)16-5-3-9-25-16/h3,5-7,9-10,13H,2,4,8,11H2,1H3,(H,21,22). The summed E-state index contributed by atoms with van der Waals surface area (Å²) in [6.45, 7) is 3.01. The molecule has 3 aromatic heterocycles. The number of nitrogens with zero attached hydrogens (tertiary/aromatic N) is 4. The highest BCUT2D eigenvalue weighted by Gasteiger charge is 2.27. The number of aromatic nitrogens is 4. The van der Waals surface area contributed by atoms with E-state index in [0.717, 1.165) is 12.8 Å². The minimum Gasteiger partial charge on any atom is -0.472 e. The first-order valence-corrected chi connectivity index (χ1v) is 8.54. The highest BCUT2D eigenvalue weighted by atomic mass is 16.5. The molecule has 1 aliphatic rings. The van der Waals surface area contributed by atoms with Crippen molar-refractivity contribution >= 4 is 5.91 Å². The number of amides is 1. The Bertz CT molecular complexity index is 890. The van der Waals surface area contributed by atoms with Crippen LogP contribution in [0.4, 0.5) is 0 Å². The summed E-state index contributed by atoms with van der Waals surface area (Å²) in [4.78, 5) is 22.9. The van der Waals surface area contributed by atoms with E-state index in [0.29, 0.717) is 41.9 Å². The van der Waals surface area contributed by atoms with Gasteiger partial charge in [0.05, 0.1) is 12.8 Å². The maximum absolute atomic E-state index is 12.8. The number of rotatable bonds is 4. The number of piperidine rings is 1. The normalized spacial score (nSPS) is 17.3. The van der Waals surface area contributed by atoms with E-state index in [9.17, 15) is 4.79 Å². The molecule has 1 saturated heterocycles. The van der Waals surface area contributed by atoms with Gasteiger partial charge in [0.25, 0.3) is 5.91 Å². The Kier molecular flexibility index (Phi) is 4.39. The molecule has 8 heteroatoms. The summed E-state index contributed by atoms with van der Waals surface area (Å²) >= 11 is 0. The van der Waals surface area contributed by atoms with E-state index >= 15 is 0 Å². The lowest BCUT2D eigenvalue weighted by Gasteiger charge is -2.32. The molecule has 4 heterocycles. The van der Waals surface area contributed by atoms with Crippen LogP contribution in [-0.2, 0) is 0 Å². The van der Waals surface area contributed by atoms with Gasteiger partial charge in [-0.15, -0.1) is 0 Å².